The topological polar surface area (TPSA) is 32.3 Å². The van der Waals surface area contributed by atoms with Gasteiger partial charge in [-0.15, -0.1) is 12.4 Å². The van der Waals surface area contributed by atoms with Crippen molar-refractivity contribution >= 4 is 18.3 Å². The number of piperidine rings is 1. The highest BCUT2D eigenvalue weighted by Gasteiger charge is 2.30. The van der Waals surface area contributed by atoms with Gasteiger partial charge in [-0.25, -0.2) is 8.78 Å². The minimum atomic E-state index is -0.778. The van der Waals surface area contributed by atoms with Crippen LogP contribution in [0.25, 0.3) is 0 Å². The summed E-state index contributed by atoms with van der Waals surface area (Å²) >= 11 is 0. The van der Waals surface area contributed by atoms with E-state index in [2.05, 4.69) is 5.32 Å². The third-order valence-electron chi connectivity index (χ3n) is 4.66. The third-order valence-corrected chi connectivity index (χ3v) is 4.66. The maximum Gasteiger partial charge on any atom is 0.256 e. The molecule has 22 heavy (non-hydrogen) atoms. The Morgan fingerprint density at radius 1 is 1.18 bits per heavy atom. The molecule has 3 nitrogen and oxygen atoms in total. The smallest absolute Gasteiger partial charge is 0.256 e. The van der Waals surface area contributed by atoms with Crippen LogP contribution in [-0.4, -0.2) is 36.5 Å². The Kier molecular flexibility index (Phi) is 5.75. The Morgan fingerprint density at radius 2 is 1.91 bits per heavy atom. The molecule has 2 aliphatic heterocycles. The second-order valence-corrected chi connectivity index (χ2v) is 5.96. The van der Waals surface area contributed by atoms with Gasteiger partial charge in [-0.3, -0.25) is 4.79 Å². The Balaban J connectivity index is 0.00000176. The van der Waals surface area contributed by atoms with Crippen molar-refractivity contribution in [3.05, 3.63) is 35.4 Å². The summed E-state index contributed by atoms with van der Waals surface area (Å²) in [4.78, 5) is 14.0. The van der Waals surface area contributed by atoms with E-state index in [1.54, 1.807) is 4.90 Å². The highest BCUT2D eigenvalue weighted by molar-refractivity contribution is 5.94. The molecule has 0 aliphatic carbocycles. The highest BCUT2D eigenvalue weighted by Crippen LogP contribution is 2.26. The van der Waals surface area contributed by atoms with Crippen LogP contribution in [0.3, 0.4) is 0 Å². The molecule has 0 bridgehead atoms. The Morgan fingerprint density at radius 3 is 2.50 bits per heavy atom. The highest BCUT2D eigenvalue weighted by atomic mass is 35.5. The summed E-state index contributed by atoms with van der Waals surface area (Å²) in [5.41, 5.74) is -0.0335. The molecule has 0 spiro atoms. The van der Waals surface area contributed by atoms with Gasteiger partial charge in [-0.2, -0.15) is 0 Å². The number of nitrogens with one attached hydrogen (secondary N) is 1. The maximum atomic E-state index is 13.7. The van der Waals surface area contributed by atoms with Crippen LogP contribution in [-0.2, 0) is 0 Å². The molecule has 2 saturated heterocycles. The number of nitrogens with zero attached hydrogens (tertiary/aromatic N) is 1. The number of carbonyl (C=O) groups excluding carboxylic acids is 1. The van der Waals surface area contributed by atoms with Gasteiger partial charge in [-0.05, 0) is 50.3 Å². The van der Waals surface area contributed by atoms with Gasteiger partial charge in [0.2, 0.25) is 0 Å². The molecule has 122 valence electrons. The summed E-state index contributed by atoms with van der Waals surface area (Å²) in [7, 11) is 0. The normalized spacial score (nSPS) is 22.5. The van der Waals surface area contributed by atoms with Crippen molar-refractivity contribution in [2.75, 3.05) is 19.6 Å². The zero-order valence-corrected chi connectivity index (χ0v) is 13.2. The first-order chi connectivity index (χ1) is 10.1. The van der Waals surface area contributed by atoms with Gasteiger partial charge in [-0.1, -0.05) is 0 Å². The van der Waals surface area contributed by atoms with E-state index in [0.717, 1.165) is 31.5 Å². The van der Waals surface area contributed by atoms with E-state index in [0.29, 0.717) is 25.0 Å². The summed E-state index contributed by atoms with van der Waals surface area (Å²) in [5, 5.41) is 3.51. The van der Waals surface area contributed by atoms with E-state index in [4.69, 9.17) is 0 Å². The molecule has 1 aromatic carbocycles. The van der Waals surface area contributed by atoms with E-state index in [9.17, 15) is 13.6 Å². The lowest BCUT2D eigenvalue weighted by Crippen LogP contribution is -2.43. The number of amides is 1. The zero-order chi connectivity index (χ0) is 14.8. The lowest BCUT2D eigenvalue weighted by Gasteiger charge is -2.35. The number of rotatable bonds is 2. The number of benzene rings is 1. The van der Waals surface area contributed by atoms with Gasteiger partial charge in [0, 0.05) is 25.2 Å². The third kappa shape index (κ3) is 3.58. The lowest BCUT2D eigenvalue weighted by atomic mass is 9.88. The monoisotopic (exact) mass is 330 g/mol. The molecule has 0 radical (unpaired) electrons. The summed E-state index contributed by atoms with van der Waals surface area (Å²) < 4.78 is 26.6. The predicted octanol–water partition coefficient (Wildman–Crippen LogP) is 2.99. The van der Waals surface area contributed by atoms with Crippen molar-refractivity contribution in [1.82, 2.24) is 10.2 Å². The van der Waals surface area contributed by atoms with Crippen LogP contribution in [0.1, 0.15) is 36.0 Å². The van der Waals surface area contributed by atoms with Gasteiger partial charge in [0.25, 0.3) is 5.91 Å². The van der Waals surface area contributed by atoms with Gasteiger partial charge in [0.15, 0.2) is 0 Å². The average molecular weight is 331 g/mol. The number of halogens is 3. The zero-order valence-electron chi connectivity index (χ0n) is 12.4. The minimum absolute atomic E-state index is 0. The Labute approximate surface area is 135 Å². The fraction of sp³-hybridized carbons (Fsp3) is 0.562. The molecule has 0 aromatic heterocycles. The number of hydrogen-bond acceptors (Lipinski definition) is 2. The standard InChI is InChI=1S/C16H20F2N2O.ClH/c17-12-3-4-13(14(18)10-12)16(21)20-8-5-11(6-9-20)15-2-1-7-19-15;/h3-4,10-11,15,19H,1-2,5-9H2;1H. The van der Waals surface area contributed by atoms with Crippen LogP contribution in [0.2, 0.25) is 0 Å². The van der Waals surface area contributed by atoms with Crippen molar-refractivity contribution < 1.29 is 13.6 Å². The van der Waals surface area contributed by atoms with Crippen molar-refractivity contribution in [2.45, 2.75) is 31.7 Å². The molecule has 1 N–H and O–H groups in total. The fourth-order valence-corrected chi connectivity index (χ4v) is 3.45. The van der Waals surface area contributed by atoms with Crippen molar-refractivity contribution in [1.29, 1.82) is 0 Å². The number of carbonyl (C=O) groups is 1. The first-order valence-corrected chi connectivity index (χ1v) is 7.63. The molecule has 1 atom stereocenters. The minimum Gasteiger partial charge on any atom is -0.339 e. The van der Waals surface area contributed by atoms with Crippen LogP contribution in [0.4, 0.5) is 8.78 Å². The predicted molar refractivity (Wildman–Crippen MR) is 83.3 cm³/mol. The van der Waals surface area contributed by atoms with Crippen molar-refractivity contribution in [3.63, 3.8) is 0 Å². The van der Waals surface area contributed by atoms with Gasteiger partial charge in [0.05, 0.1) is 5.56 Å². The van der Waals surface area contributed by atoms with Gasteiger partial charge >= 0.3 is 0 Å². The Bertz CT molecular complexity index is 527. The Hall–Kier alpha value is -1.20. The summed E-state index contributed by atoms with van der Waals surface area (Å²) in [6.07, 6.45) is 4.34. The van der Waals surface area contributed by atoms with Crippen LogP contribution >= 0.6 is 12.4 Å². The van der Waals surface area contributed by atoms with Crippen LogP contribution < -0.4 is 5.32 Å². The molecule has 2 fully saturated rings. The SMILES string of the molecule is Cl.O=C(c1ccc(F)cc1F)N1CCC(C2CCCN2)CC1. The van der Waals surface area contributed by atoms with Crippen molar-refractivity contribution in [2.24, 2.45) is 5.92 Å². The van der Waals surface area contributed by atoms with Crippen LogP contribution in [0, 0.1) is 17.6 Å². The molecule has 6 heteroatoms. The molecule has 2 heterocycles. The molecule has 3 rings (SSSR count). The molecule has 1 unspecified atom stereocenters. The molecular weight excluding hydrogens is 310 g/mol. The van der Waals surface area contributed by atoms with E-state index >= 15 is 0 Å². The summed E-state index contributed by atoms with van der Waals surface area (Å²) in [6, 6.07) is 3.70. The van der Waals surface area contributed by atoms with E-state index < -0.39 is 11.6 Å². The summed E-state index contributed by atoms with van der Waals surface area (Å²) in [5.74, 6) is -1.16. The molecule has 2 aliphatic rings. The van der Waals surface area contributed by atoms with E-state index in [1.807, 2.05) is 0 Å². The number of likely N-dealkylation sites (tertiary alicyclic amines) is 1. The molecule has 1 amide bonds. The fourth-order valence-electron chi connectivity index (χ4n) is 3.45. The van der Waals surface area contributed by atoms with Gasteiger partial charge < -0.3 is 10.2 Å². The van der Waals surface area contributed by atoms with Crippen LogP contribution in [0.15, 0.2) is 18.2 Å². The lowest BCUT2D eigenvalue weighted by molar-refractivity contribution is 0.0669. The quantitative estimate of drug-likeness (QED) is 0.904. The van der Waals surface area contributed by atoms with Gasteiger partial charge in [0.1, 0.15) is 11.6 Å². The van der Waals surface area contributed by atoms with Crippen molar-refractivity contribution in [3.8, 4) is 0 Å². The molecule has 1 aromatic rings. The molecular formula is C16H21ClF2N2O. The second-order valence-electron chi connectivity index (χ2n) is 5.96. The van der Waals surface area contributed by atoms with E-state index in [-0.39, 0.29) is 23.9 Å². The molecule has 0 saturated carbocycles. The largest absolute Gasteiger partial charge is 0.339 e. The first-order valence-electron chi connectivity index (χ1n) is 7.63. The second kappa shape index (κ2) is 7.38. The summed E-state index contributed by atoms with van der Waals surface area (Å²) in [6.45, 7) is 2.39. The number of hydrogen-bond donors (Lipinski definition) is 1. The average Bonchev–Trinajstić information content (AvgIpc) is 3.01. The first kappa shape index (κ1) is 17.2. The maximum absolute atomic E-state index is 13.7. The van der Waals surface area contributed by atoms with E-state index in [1.165, 1.54) is 18.9 Å². The van der Waals surface area contributed by atoms with Crippen LogP contribution in [0.5, 0.6) is 0 Å².